The van der Waals surface area contributed by atoms with Crippen LogP contribution >= 0.6 is 0 Å². The summed E-state index contributed by atoms with van der Waals surface area (Å²) in [6.45, 7) is 10.1. The van der Waals surface area contributed by atoms with E-state index in [-0.39, 0.29) is 18.0 Å². The molecule has 0 aliphatic carbocycles. The van der Waals surface area contributed by atoms with Gasteiger partial charge in [-0.05, 0) is 61.4 Å². The molecule has 0 fully saturated rings. The van der Waals surface area contributed by atoms with Crippen LogP contribution in [0.15, 0.2) is 45.6 Å². The molecule has 146 valence electrons. The molecule has 4 nitrogen and oxygen atoms in total. The van der Waals surface area contributed by atoms with Crippen molar-refractivity contribution in [2.24, 2.45) is 0 Å². The van der Waals surface area contributed by atoms with Gasteiger partial charge in [-0.25, -0.2) is 4.79 Å². The van der Waals surface area contributed by atoms with Gasteiger partial charge in [0.2, 0.25) is 5.91 Å². The Kier molecular flexibility index (Phi) is 5.68. The molecule has 0 aliphatic heterocycles. The highest BCUT2D eigenvalue weighted by Gasteiger charge is 2.15. The van der Waals surface area contributed by atoms with Crippen LogP contribution in [0.3, 0.4) is 0 Å². The average molecular weight is 377 g/mol. The van der Waals surface area contributed by atoms with Crippen molar-refractivity contribution >= 4 is 22.6 Å². The molecule has 2 aromatic carbocycles. The number of carbonyl (C=O) groups excluding carboxylic acids is 1. The van der Waals surface area contributed by atoms with Crippen LogP contribution < -0.4 is 10.9 Å². The lowest BCUT2D eigenvalue weighted by atomic mass is 9.97. The standard InChI is InChI=1S/C24H27NO3/c1-14(2)18-8-6-7-16(4)23(18)25-22(26)12-11-20-17(5)19-10-9-15(3)13-21(19)28-24(20)27/h6-10,13-14H,11-12H2,1-5H3,(H,25,26). The Hall–Kier alpha value is -2.88. The molecule has 0 saturated heterocycles. The van der Waals surface area contributed by atoms with E-state index < -0.39 is 0 Å². The molecule has 1 heterocycles. The van der Waals surface area contributed by atoms with Crippen LogP contribution in [0.4, 0.5) is 5.69 Å². The molecule has 3 aromatic rings. The van der Waals surface area contributed by atoms with Crippen LogP contribution in [0.5, 0.6) is 0 Å². The number of benzene rings is 2. The van der Waals surface area contributed by atoms with Crippen molar-refractivity contribution in [1.29, 1.82) is 0 Å². The number of hydrogen-bond donors (Lipinski definition) is 1. The monoisotopic (exact) mass is 377 g/mol. The van der Waals surface area contributed by atoms with Crippen molar-refractivity contribution in [3.05, 3.63) is 74.6 Å². The second-order valence-corrected chi connectivity index (χ2v) is 7.73. The van der Waals surface area contributed by atoms with Gasteiger partial charge < -0.3 is 9.73 Å². The van der Waals surface area contributed by atoms with Gasteiger partial charge in [-0.15, -0.1) is 0 Å². The Balaban J connectivity index is 1.81. The highest BCUT2D eigenvalue weighted by atomic mass is 16.4. The number of amides is 1. The fourth-order valence-corrected chi connectivity index (χ4v) is 3.57. The van der Waals surface area contributed by atoms with Crippen molar-refractivity contribution in [2.45, 2.75) is 53.4 Å². The van der Waals surface area contributed by atoms with Crippen molar-refractivity contribution < 1.29 is 9.21 Å². The molecule has 3 rings (SSSR count). The number of hydrogen-bond acceptors (Lipinski definition) is 3. The summed E-state index contributed by atoms with van der Waals surface area (Å²) in [4.78, 5) is 25.0. The average Bonchev–Trinajstić information content (AvgIpc) is 2.62. The summed E-state index contributed by atoms with van der Waals surface area (Å²) in [5.41, 5.74) is 5.76. The van der Waals surface area contributed by atoms with E-state index in [1.165, 1.54) is 0 Å². The van der Waals surface area contributed by atoms with E-state index in [0.717, 1.165) is 33.3 Å². The molecule has 0 radical (unpaired) electrons. The van der Waals surface area contributed by atoms with Gasteiger partial charge in [-0.2, -0.15) is 0 Å². The minimum atomic E-state index is -0.359. The van der Waals surface area contributed by atoms with Crippen LogP contribution in [0, 0.1) is 20.8 Å². The lowest BCUT2D eigenvalue weighted by molar-refractivity contribution is -0.116. The van der Waals surface area contributed by atoms with Gasteiger partial charge in [0.1, 0.15) is 5.58 Å². The van der Waals surface area contributed by atoms with Crippen molar-refractivity contribution in [1.82, 2.24) is 0 Å². The molecule has 1 amide bonds. The summed E-state index contributed by atoms with van der Waals surface area (Å²) in [6.07, 6.45) is 0.585. The predicted molar refractivity (Wildman–Crippen MR) is 114 cm³/mol. The SMILES string of the molecule is Cc1ccc2c(C)c(CCC(=O)Nc3c(C)cccc3C(C)C)c(=O)oc2c1. The van der Waals surface area contributed by atoms with Crippen LogP contribution in [-0.2, 0) is 11.2 Å². The Bertz CT molecular complexity index is 1090. The van der Waals surface area contributed by atoms with E-state index in [4.69, 9.17) is 4.42 Å². The van der Waals surface area contributed by atoms with Crippen LogP contribution in [0.1, 0.15) is 54.0 Å². The third-order valence-corrected chi connectivity index (χ3v) is 5.24. The highest BCUT2D eigenvalue weighted by Crippen LogP contribution is 2.28. The lowest BCUT2D eigenvalue weighted by Crippen LogP contribution is -2.18. The third-order valence-electron chi connectivity index (χ3n) is 5.24. The Morgan fingerprint density at radius 1 is 1.11 bits per heavy atom. The van der Waals surface area contributed by atoms with Gasteiger partial charge in [0, 0.05) is 23.1 Å². The maximum Gasteiger partial charge on any atom is 0.339 e. The number of anilines is 1. The van der Waals surface area contributed by atoms with Gasteiger partial charge in [-0.1, -0.05) is 44.2 Å². The molecular formula is C24H27NO3. The van der Waals surface area contributed by atoms with Gasteiger partial charge >= 0.3 is 5.63 Å². The van der Waals surface area contributed by atoms with Gasteiger partial charge in [0.15, 0.2) is 0 Å². The van der Waals surface area contributed by atoms with Gasteiger partial charge in [-0.3, -0.25) is 4.79 Å². The summed E-state index contributed by atoms with van der Waals surface area (Å²) in [6, 6.07) is 11.9. The van der Waals surface area contributed by atoms with E-state index in [1.54, 1.807) is 0 Å². The van der Waals surface area contributed by atoms with E-state index >= 15 is 0 Å². The van der Waals surface area contributed by atoms with E-state index in [9.17, 15) is 9.59 Å². The van der Waals surface area contributed by atoms with Crippen LogP contribution in [0.25, 0.3) is 11.0 Å². The van der Waals surface area contributed by atoms with E-state index in [1.807, 2.05) is 57.2 Å². The maximum absolute atomic E-state index is 12.6. The predicted octanol–water partition coefficient (Wildman–Crippen LogP) is 5.41. The molecule has 0 aliphatic rings. The number of fused-ring (bicyclic) bond motifs is 1. The smallest absolute Gasteiger partial charge is 0.339 e. The summed E-state index contributed by atoms with van der Waals surface area (Å²) < 4.78 is 5.49. The zero-order valence-corrected chi connectivity index (χ0v) is 17.2. The Labute approximate surface area is 165 Å². The summed E-state index contributed by atoms with van der Waals surface area (Å²) in [7, 11) is 0. The molecule has 4 heteroatoms. The third kappa shape index (κ3) is 4.01. The second kappa shape index (κ2) is 8.01. The number of carbonyl (C=O) groups is 1. The number of rotatable bonds is 5. The molecule has 28 heavy (non-hydrogen) atoms. The Morgan fingerprint density at radius 2 is 1.86 bits per heavy atom. The zero-order chi connectivity index (χ0) is 20.4. The first-order valence-electron chi connectivity index (χ1n) is 9.70. The minimum absolute atomic E-state index is 0.0981. The molecule has 1 N–H and O–H groups in total. The molecule has 0 saturated carbocycles. The quantitative estimate of drug-likeness (QED) is 0.605. The second-order valence-electron chi connectivity index (χ2n) is 7.73. The molecule has 0 spiro atoms. The van der Waals surface area contributed by atoms with Gasteiger partial charge in [0.25, 0.3) is 0 Å². The molecule has 0 bridgehead atoms. The highest BCUT2D eigenvalue weighted by molar-refractivity contribution is 5.92. The van der Waals surface area contributed by atoms with Crippen molar-refractivity contribution in [2.75, 3.05) is 5.32 Å². The minimum Gasteiger partial charge on any atom is -0.423 e. The number of nitrogens with one attached hydrogen (secondary N) is 1. The number of para-hydroxylation sites is 1. The maximum atomic E-state index is 12.6. The fraction of sp³-hybridized carbons (Fsp3) is 0.333. The normalized spacial score (nSPS) is 11.2. The summed E-state index contributed by atoms with van der Waals surface area (Å²) >= 11 is 0. The molecule has 1 aromatic heterocycles. The molecule has 0 unspecified atom stereocenters. The first-order chi connectivity index (χ1) is 13.3. The van der Waals surface area contributed by atoms with Gasteiger partial charge in [0.05, 0.1) is 0 Å². The first kappa shape index (κ1) is 19.9. The summed E-state index contributed by atoms with van der Waals surface area (Å²) in [5.74, 6) is 0.215. The lowest BCUT2D eigenvalue weighted by Gasteiger charge is -2.16. The topological polar surface area (TPSA) is 59.3 Å². The zero-order valence-electron chi connectivity index (χ0n) is 17.2. The van der Waals surface area contributed by atoms with E-state index in [0.29, 0.717) is 23.5 Å². The molecular weight excluding hydrogens is 350 g/mol. The van der Waals surface area contributed by atoms with E-state index in [2.05, 4.69) is 19.2 Å². The van der Waals surface area contributed by atoms with Crippen molar-refractivity contribution in [3.8, 4) is 0 Å². The number of aryl methyl sites for hydroxylation is 3. The molecule has 0 atom stereocenters. The Morgan fingerprint density at radius 3 is 2.57 bits per heavy atom. The van der Waals surface area contributed by atoms with Crippen LogP contribution in [-0.4, -0.2) is 5.91 Å². The van der Waals surface area contributed by atoms with Crippen molar-refractivity contribution in [3.63, 3.8) is 0 Å². The van der Waals surface area contributed by atoms with Crippen LogP contribution in [0.2, 0.25) is 0 Å². The largest absolute Gasteiger partial charge is 0.423 e. The summed E-state index contributed by atoms with van der Waals surface area (Å²) in [5, 5.41) is 3.96. The first-order valence-corrected chi connectivity index (χ1v) is 9.70. The fourth-order valence-electron chi connectivity index (χ4n) is 3.57.